The van der Waals surface area contributed by atoms with Crippen LogP contribution in [0.15, 0.2) is 30.7 Å². The zero-order valence-corrected chi connectivity index (χ0v) is 15.0. The fourth-order valence-electron chi connectivity index (χ4n) is 3.97. The van der Waals surface area contributed by atoms with Crippen molar-refractivity contribution in [2.45, 2.75) is 19.1 Å². The first-order valence-electron chi connectivity index (χ1n) is 9.26. The molecule has 3 aliphatic rings. The van der Waals surface area contributed by atoms with Gasteiger partial charge in [-0.1, -0.05) is 6.07 Å². The number of rotatable bonds is 3. The van der Waals surface area contributed by atoms with E-state index in [-0.39, 0.29) is 18.7 Å². The molecule has 8 nitrogen and oxygen atoms in total. The Labute approximate surface area is 157 Å². The van der Waals surface area contributed by atoms with Crippen molar-refractivity contribution in [2.24, 2.45) is 0 Å². The minimum Gasteiger partial charge on any atom is -0.454 e. The van der Waals surface area contributed by atoms with Crippen LogP contribution >= 0.6 is 0 Å². The Bertz CT molecular complexity index is 846. The smallest absolute Gasteiger partial charge is 0.247 e. The average molecular weight is 370 g/mol. The maximum atomic E-state index is 13.1. The molecule has 0 spiro atoms. The van der Waals surface area contributed by atoms with Crippen molar-refractivity contribution < 1.29 is 19.0 Å². The van der Waals surface area contributed by atoms with Crippen molar-refractivity contribution in [2.75, 3.05) is 39.6 Å². The average Bonchev–Trinajstić information content (AvgIpc) is 3.36. The number of hydrogen-bond acceptors (Lipinski definition) is 6. The Morgan fingerprint density at radius 1 is 1.19 bits per heavy atom. The van der Waals surface area contributed by atoms with E-state index in [1.165, 1.54) is 0 Å². The molecule has 2 aromatic rings. The number of morpholine rings is 1. The lowest BCUT2D eigenvalue weighted by atomic mass is 10.1. The SMILES string of the molecule is O=C([C@@H]1CN(Cc2ccc3c(c2)OCO3)Cc2cncn21)N1CCOCC1. The van der Waals surface area contributed by atoms with Crippen LogP contribution in [0.3, 0.4) is 0 Å². The lowest BCUT2D eigenvalue weighted by Gasteiger charge is -2.37. The summed E-state index contributed by atoms with van der Waals surface area (Å²) >= 11 is 0. The number of amides is 1. The van der Waals surface area contributed by atoms with Crippen LogP contribution in [-0.4, -0.2) is 64.9 Å². The number of ether oxygens (including phenoxy) is 3. The van der Waals surface area contributed by atoms with Crippen molar-refractivity contribution in [1.29, 1.82) is 0 Å². The molecule has 3 aliphatic heterocycles. The summed E-state index contributed by atoms with van der Waals surface area (Å²) in [7, 11) is 0. The summed E-state index contributed by atoms with van der Waals surface area (Å²) in [6.45, 7) is 4.97. The predicted octanol–water partition coefficient (Wildman–Crippen LogP) is 1.03. The largest absolute Gasteiger partial charge is 0.454 e. The van der Waals surface area contributed by atoms with E-state index in [4.69, 9.17) is 14.2 Å². The summed E-state index contributed by atoms with van der Waals surface area (Å²) in [5.74, 6) is 1.72. The first kappa shape index (κ1) is 16.6. The summed E-state index contributed by atoms with van der Waals surface area (Å²) in [5.41, 5.74) is 2.21. The molecule has 0 N–H and O–H groups in total. The van der Waals surface area contributed by atoms with Gasteiger partial charge in [-0.25, -0.2) is 4.98 Å². The first-order valence-corrected chi connectivity index (χ1v) is 9.26. The van der Waals surface area contributed by atoms with Gasteiger partial charge in [0.2, 0.25) is 12.7 Å². The Hall–Kier alpha value is -2.58. The van der Waals surface area contributed by atoms with E-state index in [1.54, 1.807) is 6.33 Å². The van der Waals surface area contributed by atoms with Gasteiger partial charge in [-0.3, -0.25) is 9.69 Å². The molecule has 0 unspecified atom stereocenters. The standard InChI is InChI=1S/C19H22N4O4/c24-19(22-3-5-25-6-4-22)16-11-21(10-15-8-20-12-23(15)16)9-14-1-2-17-18(7-14)27-13-26-17/h1-2,7-8,12,16H,3-6,9-11,13H2/t16-/m0/s1. The molecule has 1 saturated heterocycles. The topological polar surface area (TPSA) is 69.1 Å². The quantitative estimate of drug-likeness (QED) is 0.804. The minimum atomic E-state index is -0.247. The third-order valence-corrected chi connectivity index (χ3v) is 5.35. The van der Waals surface area contributed by atoms with Gasteiger partial charge in [0.05, 0.1) is 25.2 Å². The zero-order valence-electron chi connectivity index (χ0n) is 15.0. The Kier molecular flexibility index (Phi) is 4.21. The monoisotopic (exact) mass is 370 g/mol. The normalized spacial score (nSPS) is 21.9. The summed E-state index contributed by atoms with van der Waals surface area (Å²) in [6, 6.07) is 5.77. The van der Waals surface area contributed by atoms with Gasteiger partial charge in [-0.15, -0.1) is 0 Å². The Balaban J connectivity index is 1.35. The molecule has 4 heterocycles. The summed E-state index contributed by atoms with van der Waals surface area (Å²) in [4.78, 5) is 21.6. The van der Waals surface area contributed by atoms with Crippen LogP contribution in [0.5, 0.6) is 11.5 Å². The van der Waals surface area contributed by atoms with Gasteiger partial charge in [0.15, 0.2) is 11.5 Å². The number of fused-ring (bicyclic) bond motifs is 2. The molecule has 1 aromatic carbocycles. The molecule has 142 valence electrons. The van der Waals surface area contributed by atoms with E-state index < -0.39 is 0 Å². The van der Waals surface area contributed by atoms with Crippen molar-refractivity contribution >= 4 is 5.91 Å². The highest BCUT2D eigenvalue weighted by atomic mass is 16.7. The van der Waals surface area contributed by atoms with Gasteiger partial charge in [0.25, 0.3) is 0 Å². The molecule has 1 aromatic heterocycles. The number of carbonyl (C=O) groups excluding carboxylic acids is 1. The number of nitrogens with zero attached hydrogens (tertiary/aromatic N) is 4. The van der Waals surface area contributed by atoms with E-state index in [0.29, 0.717) is 32.8 Å². The second-order valence-corrected chi connectivity index (χ2v) is 7.10. The van der Waals surface area contributed by atoms with E-state index in [2.05, 4.69) is 16.0 Å². The van der Waals surface area contributed by atoms with Gasteiger partial charge in [-0.05, 0) is 17.7 Å². The second-order valence-electron chi connectivity index (χ2n) is 7.10. The molecule has 1 atom stereocenters. The van der Waals surface area contributed by atoms with Crippen LogP contribution in [0.1, 0.15) is 17.3 Å². The van der Waals surface area contributed by atoms with Gasteiger partial charge in [-0.2, -0.15) is 0 Å². The number of carbonyl (C=O) groups is 1. The Morgan fingerprint density at radius 2 is 2.04 bits per heavy atom. The highest BCUT2D eigenvalue weighted by molar-refractivity contribution is 5.81. The van der Waals surface area contributed by atoms with Gasteiger partial charge in [0, 0.05) is 38.9 Å². The fourth-order valence-corrected chi connectivity index (χ4v) is 3.97. The van der Waals surface area contributed by atoms with Crippen LogP contribution in [0.4, 0.5) is 0 Å². The third-order valence-electron chi connectivity index (χ3n) is 5.35. The predicted molar refractivity (Wildman–Crippen MR) is 95.3 cm³/mol. The molecule has 1 fully saturated rings. The van der Waals surface area contributed by atoms with Crippen molar-refractivity contribution in [1.82, 2.24) is 19.4 Å². The summed E-state index contributed by atoms with van der Waals surface area (Å²) in [6.07, 6.45) is 3.63. The maximum absolute atomic E-state index is 13.1. The first-order chi connectivity index (χ1) is 13.3. The molecular weight excluding hydrogens is 348 g/mol. The van der Waals surface area contributed by atoms with E-state index >= 15 is 0 Å². The highest BCUT2D eigenvalue weighted by Gasteiger charge is 2.33. The third kappa shape index (κ3) is 3.15. The highest BCUT2D eigenvalue weighted by Crippen LogP contribution is 2.33. The molecule has 0 radical (unpaired) electrons. The molecule has 8 heteroatoms. The molecule has 27 heavy (non-hydrogen) atoms. The molecule has 0 bridgehead atoms. The Morgan fingerprint density at radius 3 is 2.93 bits per heavy atom. The maximum Gasteiger partial charge on any atom is 0.247 e. The van der Waals surface area contributed by atoms with Gasteiger partial charge < -0.3 is 23.7 Å². The van der Waals surface area contributed by atoms with Crippen LogP contribution < -0.4 is 9.47 Å². The van der Waals surface area contributed by atoms with Crippen molar-refractivity contribution in [3.05, 3.63) is 42.0 Å². The zero-order chi connectivity index (χ0) is 18.2. The lowest BCUT2D eigenvalue weighted by Crippen LogP contribution is -2.49. The number of benzene rings is 1. The van der Waals surface area contributed by atoms with Crippen molar-refractivity contribution in [3.63, 3.8) is 0 Å². The summed E-state index contributed by atoms with van der Waals surface area (Å²) in [5, 5.41) is 0. The van der Waals surface area contributed by atoms with Crippen LogP contribution in [0.2, 0.25) is 0 Å². The van der Waals surface area contributed by atoms with E-state index in [0.717, 1.165) is 35.8 Å². The number of hydrogen-bond donors (Lipinski definition) is 0. The minimum absolute atomic E-state index is 0.146. The second kappa shape index (κ2) is 6.86. The van der Waals surface area contributed by atoms with E-state index in [9.17, 15) is 4.79 Å². The van der Waals surface area contributed by atoms with Crippen LogP contribution in [0.25, 0.3) is 0 Å². The summed E-state index contributed by atoms with van der Waals surface area (Å²) < 4.78 is 18.3. The van der Waals surface area contributed by atoms with E-state index in [1.807, 2.05) is 27.8 Å². The molecule has 1 amide bonds. The van der Waals surface area contributed by atoms with Crippen LogP contribution in [-0.2, 0) is 22.6 Å². The number of aromatic nitrogens is 2. The van der Waals surface area contributed by atoms with Crippen molar-refractivity contribution in [3.8, 4) is 11.5 Å². The number of imidazole rings is 1. The molecular formula is C19H22N4O4. The van der Waals surface area contributed by atoms with Gasteiger partial charge in [0.1, 0.15) is 6.04 Å². The van der Waals surface area contributed by atoms with Gasteiger partial charge >= 0.3 is 0 Å². The molecule has 0 saturated carbocycles. The fraction of sp³-hybridized carbons (Fsp3) is 0.474. The molecule has 0 aliphatic carbocycles. The lowest BCUT2D eigenvalue weighted by molar-refractivity contribution is -0.140. The molecule has 5 rings (SSSR count). The van der Waals surface area contributed by atoms with Crippen LogP contribution in [0, 0.1) is 0 Å².